The van der Waals surface area contributed by atoms with E-state index >= 15 is 0 Å². The summed E-state index contributed by atoms with van der Waals surface area (Å²) in [5.41, 5.74) is 0. The Hall–Kier alpha value is -1.06. The molecule has 2 unspecified atom stereocenters. The lowest BCUT2D eigenvalue weighted by molar-refractivity contribution is -0.171. The van der Waals surface area contributed by atoms with Gasteiger partial charge in [0.15, 0.2) is 0 Å². The Morgan fingerprint density at radius 2 is 1.12 bits per heavy atom. The van der Waals surface area contributed by atoms with E-state index in [0.29, 0.717) is 24.7 Å². The average molecular weight is 369 g/mol. The fourth-order valence-corrected chi connectivity index (χ4v) is 3.43. The number of hydrogen-bond acceptors (Lipinski definition) is 4. The summed E-state index contributed by atoms with van der Waals surface area (Å²) in [5, 5.41) is 0. The minimum Gasteiger partial charge on any atom is -0.458 e. The number of ether oxygens (including phenoxy) is 2. The maximum atomic E-state index is 12.1. The first-order valence-electron chi connectivity index (χ1n) is 10.8. The summed E-state index contributed by atoms with van der Waals surface area (Å²) in [7, 11) is 0. The van der Waals surface area contributed by atoms with Crippen molar-refractivity contribution < 1.29 is 19.1 Å². The van der Waals surface area contributed by atoms with Gasteiger partial charge in [0.1, 0.15) is 12.2 Å². The summed E-state index contributed by atoms with van der Waals surface area (Å²) in [4.78, 5) is 24.2. The van der Waals surface area contributed by atoms with Crippen LogP contribution in [0, 0.1) is 11.8 Å². The molecule has 0 aromatic carbocycles. The molecule has 1 fully saturated rings. The summed E-state index contributed by atoms with van der Waals surface area (Å²) in [6.45, 7) is 8.79. The van der Waals surface area contributed by atoms with E-state index in [2.05, 4.69) is 27.7 Å². The minimum absolute atomic E-state index is 0.140. The molecule has 0 bridgehead atoms. The molecule has 0 N–H and O–H groups in total. The van der Waals surface area contributed by atoms with Gasteiger partial charge in [-0.05, 0) is 50.4 Å². The van der Waals surface area contributed by atoms with Crippen LogP contribution in [0.25, 0.3) is 0 Å². The van der Waals surface area contributed by atoms with Gasteiger partial charge < -0.3 is 9.47 Å². The average Bonchev–Trinajstić information content (AvgIpc) is 2.57. The molecule has 4 heteroatoms. The number of carbonyl (C=O) groups is 2. The topological polar surface area (TPSA) is 52.6 Å². The van der Waals surface area contributed by atoms with Crippen molar-refractivity contribution in [2.75, 3.05) is 0 Å². The fourth-order valence-electron chi connectivity index (χ4n) is 3.43. The van der Waals surface area contributed by atoms with Crippen molar-refractivity contribution in [3.63, 3.8) is 0 Å². The van der Waals surface area contributed by atoms with Gasteiger partial charge in [0.2, 0.25) is 0 Å². The van der Waals surface area contributed by atoms with Crippen LogP contribution in [0.15, 0.2) is 0 Å². The molecule has 0 radical (unpaired) electrons. The zero-order valence-corrected chi connectivity index (χ0v) is 17.4. The van der Waals surface area contributed by atoms with Gasteiger partial charge in [0.25, 0.3) is 0 Å². The summed E-state index contributed by atoms with van der Waals surface area (Å²) in [5.74, 6) is 1.07. The van der Waals surface area contributed by atoms with E-state index in [-0.39, 0.29) is 24.1 Å². The maximum absolute atomic E-state index is 12.1. The van der Waals surface area contributed by atoms with Crippen LogP contribution >= 0.6 is 0 Å². The van der Waals surface area contributed by atoms with E-state index in [0.717, 1.165) is 64.2 Å². The third-order valence-corrected chi connectivity index (χ3v) is 5.03. The van der Waals surface area contributed by atoms with Crippen LogP contribution < -0.4 is 0 Å². The molecule has 0 saturated heterocycles. The SMILES string of the molecule is CC(C)CCCCC(=O)OC1CCCCC1OC(=O)CCCCC(C)C. The highest BCUT2D eigenvalue weighted by atomic mass is 16.6. The standard InChI is InChI=1S/C22H40O4/c1-17(2)11-5-9-15-21(23)25-19-13-7-8-14-20(19)26-22(24)16-10-6-12-18(3)4/h17-20H,5-16H2,1-4H3. The van der Waals surface area contributed by atoms with Gasteiger partial charge in [-0.25, -0.2) is 0 Å². The first-order valence-corrected chi connectivity index (χ1v) is 10.8. The summed E-state index contributed by atoms with van der Waals surface area (Å²) in [6.07, 6.45) is 10.3. The molecular weight excluding hydrogens is 328 g/mol. The lowest BCUT2D eigenvalue weighted by Gasteiger charge is -2.30. The van der Waals surface area contributed by atoms with Crippen LogP contribution in [-0.2, 0) is 19.1 Å². The summed E-state index contributed by atoms with van der Waals surface area (Å²) in [6, 6.07) is 0. The van der Waals surface area contributed by atoms with Crippen molar-refractivity contribution in [1.29, 1.82) is 0 Å². The molecule has 0 aromatic rings. The van der Waals surface area contributed by atoms with Gasteiger partial charge in [0, 0.05) is 12.8 Å². The van der Waals surface area contributed by atoms with Crippen molar-refractivity contribution >= 4 is 11.9 Å². The largest absolute Gasteiger partial charge is 0.458 e. The van der Waals surface area contributed by atoms with E-state index in [1.54, 1.807) is 0 Å². The van der Waals surface area contributed by atoms with E-state index in [4.69, 9.17) is 9.47 Å². The van der Waals surface area contributed by atoms with Crippen molar-refractivity contribution in [3.05, 3.63) is 0 Å². The normalized spacial score (nSPS) is 20.4. The first-order chi connectivity index (χ1) is 12.4. The summed E-state index contributed by atoms with van der Waals surface area (Å²) < 4.78 is 11.3. The molecule has 1 rings (SSSR count). The Labute approximate surface area is 160 Å². The molecule has 4 nitrogen and oxygen atoms in total. The van der Waals surface area contributed by atoms with Crippen molar-refractivity contribution in [3.8, 4) is 0 Å². The fraction of sp³-hybridized carbons (Fsp3) is 0.909. The van der Waals surface area contributed by atoms with Gasteiger partial charge in [0.05, 0.1) is 0 Å². The molecule has 1 saturated carbocycles. The smallest absolute Gasteiger partial charge is 0.306 e. The Morgan fingerprint density at radius 3 is 1.46 bits per heavy atom. The summed E-state index contributed by atoms with van der Waals surface area (Å²) >= 11 is 0. The van der Waals surface area contributed by atoms with Crippen molar-refractivity contribution in [2.45, 2.75) is 117 Å². The lowest BCUT2D eigenvalue weighted by Crippen LogP contribution is -2.37. The Balaban J connectivity index is 2.29. The molecule has 0 heterocycles. The quantitative estimate of drug-likeness (QED) is 0.322. The molecular formula is C22H40O4. The molecule has 26 heavy (non-hydrogen) atoms. The Morgan fingerprint density at radius 1 is 0.731 bits per heavy atom. The van der Waals surface area contributed by atoms with Crippen LogP contribution in [0.2, 0.25) is 0 Å². The maximum Gasteiger partial charge on any atom is 0.306 e. The van der Waals surface area contributed by atoms with Gasteiger partial charge in [-0.1, -0.05) is 53.4 Å². The highest BCUT2D eigenvalue weighted by Crippen LogP contribution is 2.25. The molecule has 2 atom stereocenters. The number of esters is 2. The minimum atomic E-state index is -0.249. The van der Waals surface area contributed by atoms with Crippen LogP contribution in [0.3, 0.4) is 0 Å². The van der Waals surface area contributed by atoms with Crippen molar-refractivity contribution in [2.24, 2.45) is 11.8 Å². The second kappa shape index (κ2) is 13.2. The van der Waals surface area contributed by atoms with E-state index in [1.165, 1.54) is 0 Å². The first kappa shape index (κ1) is 23.0. The van der Waals surface area contributed by atoms with E-state index in [1.807, 2.05) is 0 Å². The molecule has 152 valence electrons. The van der Waals surface area contributed by atoms with Crippen LogP contribution in [0.1, 0.15) is 105 Å². The van der Waals surface area contributed by atoms with Gasteiger partial charge in [-0.3, -0.25) is 9.59 Å². The zero-order chi connectivity index (χ0) is 19.4. The predicted molar refractivity (Wildman–Crippen MR) is 105 cm³/mol. The van der Waals surface area contributed by atoms with Crippen LogP contribution in [0.5, 0.6) is 0 Å². The van der Waals surface area contributed by atoms with Crippen LogP contribution in [0.4, 0.5) is 0 Å². The predicted octanol–water partition coefficient (Wildman–Crippen LogP) is 5.82. The number of carbonyl (C=O) groups excluding carboxylic acids is 2. The molecule has 1 aliphatic carbocycles. The highest BCUT2D eigenvalue weighted by molar-refractivity contribution is 5.70. The number of hydrogen-bond donors (Lipinski definition) is 0. The Kier molecular flexibility index (Phi) is 11.6. The number of unbranched alkanes of at least 4 members (excludes halogenated alkanes) is 2. The van der Waals surface area contributed by atoms with Crippen LogP contribution in [-0.4, -0.2) is 24.1 Å². The molecule has 0 aliphatic heterocycles. The second-order valence-electron chi connectivity index (χ2n) is 8.62. The zero-order valence-electron chi connectivity index (χ0n) is 17.4. The Bertz CT molecular complexity index is 365. The van der Waals surface area contributed by atoms with Crippen molar-refractivity contribution in [1.82, 2.24) is 0 Å². The monoisotopic (exact) mass is 368 g/mol. The third-order valence-electron chi connectivity index (χ3n) is 5.03. The lowest BCUT2D eigenvalue weighted by atomic mass is 9.94. The second-order valence-corrected chi connectivity index (χ2v) is 8.62. The van der Waals surface area contributed by atoms with E-state index in [9.17, 15) is 9.59 Å². The third kappa shape index (κ3) is 10.8. The number of rotatable bonds is 12. The van der Waals surface area contributed by atoms with E-state index < -0.39 is 0 Å². The van der Waals surface area contributed by atoms with Gasteiger partial charge in [-0.2, -0.15) is 0 Å². The highest BCUT2D eigenvalue weighted by Gasteiger charge is 2.31. The van der Waals surface area contributed by atoms with Gasteiger partial charge >= 0.3 is 11.9 Å². The van der Waals surface area contributed by atoms with Gasteiger partial charge in [-0.15, -0.1) is 0 Å². The molecule has 0 aromatic heterocycles. The molecule has 1 aliphatic rings. The molecule has 0 spiro atoms. The molecule has 0 amide bonds.